The number of carbonyl (C=O) groups is 6. The Balaban J connectivity index is 1.39. The van der Waals surface area contributed by atoms with E-state index in [2.05, 4.69) is 5.32 Å². The number of Topliss-reactive ketones (excluding diaryl/α,β-unsaturated/α-hetero) is 1. The zero-order valence-electron chi connectivity index (χ0n) is 35.2. The molecule has 0 spiro atoms. The highest BCUT2D eigenvalue weighted by atomic mass is 32.1. The van der Waals surface area contributed by atoms with E-state index < -0.39 is 113 Å². The average Bonchev–Trinajstić information content (AvgIpc) is 3.79. The first-order chi connectivity index (χ1) is 29.3. The molecule has 3 aromatic rings. The number of esters is 4. The zero-order valence-corrected chi connectivity index (χ0v) is 36.0. The summed E-state index contributed by atoms with van der Waals surface area (Å²) in [7, 11) is 0. The maximum atomic E-state index is 15.6. The van der Waals surface area contributed by atoms with Crippen LogP contribution in [0.4, 0.5) is 0 Å². The number of ketones is 1. The van der Waals surface area contributed by atoms with Gasteiger partial charge in [0, 0.05) is 42.0 Å². The van der Waals surface area contributed by atoms with Crippen LogP contribution in [0.15, 0.2) is 89.3 Å². The van der Waals surface area contributed by atoms with Gasteiger partial charge in [0.1, 0.15) is 30.0 Å². The van der Waals surface area contributed by atoms with Gasteiger partial charge in [0.2, 0.25) is 0 Å². The smallest absolute Gasteiger partial charge is 0.338 e. The van der Waals surface area contributed by atoms with E-state index >= 15 is 4.79 Å². The molecule has 2 saturated carbocycles. The highest BCUT2D eigenvalue weighted by Gasteiger charge is 2.78. The van der Waals surface area contributed by atoms with Gasteiger partial charge in [0.25, 0.3) is 5.91 Å². The fourth-order valence-electron chi connectivity index (χ4n) is 10.0. The summed E-state index contributed by atoms with van der Waals surface area (Å²) in [5, 5.41) is 42.0. The maximum Gasteiger partial charge on any atom is 0.338 e. The van der Waals surface area contributed by atoms with Crippen LogP contribution >= 0.6 is 11.3 Å². The molecule has 1 aliphatic heterocycles. The number of aliphatic hydroxyl groups excluding tert-OH is 2. The molecule has 4 N–H and O–H groups in total. The number of nitrogens with one attached hydrogen (secondary N) is 1. The number of amides is 1. The molecule has 15 nitrogen and oxygen atoms in total. The van der Waals surface area contributed by atoms with Crippen LogP contribution in [0.3, 0.4) is 0 Å². The second kappa shape index (κ2) is 16.8. The first kappa shape index (κ1) is 44.8. The van der Waals surface area contributed by atoms with E-state index in [1.54, 1.807) is 79.9 Å². The molecule has 2 unspecified atom stereocenters. The molecule has 0 radical (unpaired) electrons. The number of hydrogen-bond donors (Lipinski definition) is 4. The van der Waals surface area contributed by atoms with E-state index in [1.807, 2.05) is 0 Å². The first-order valence-corrected chi connectivity index (χ1v) is 21.4. The Morgan fingerprint density at radius 1 is 0.935 bits per heavy atom. The van der Waals surface area contributed by atoms with Crippen molar-refractivity contribution in [2.24, 2.45) is 16.7 Å². The van der Waals surface area contributed by atoms with E-state index in [9.17, 15) is 39.3 Å². The van der Waals surface area contributed by atoms with Crippen molar-refractivity contribution in [2.45, 2.75) is 115 Å². The quantitative estimate of drug-likeness (QED) is 0.121. The van der Waals surface area contributed by atoms with Crippen molar-refractivity contribution in [3.63, 3.8) is 0 Å². The van der Waals surface area contributed by atoms with Crippen molar-refractivity contribution in [3.8, 4) is 0 Å². The molecule has 11 atom stereocenters. The highest BCUT2D eigenvalue weighted by molar-refractivity contribution is 7.10. The largest absolute Gasteiger partial charge is 0.456 e. The molecule has 3 aliphatic carbocycles. The summed E-state index contributed by atoms with van der Waals surface area (Å²) in [6.45, 7) is 8.47. The van der Waals surface area contributed by atoms with Crippen LogP contribution in [-0.2, 0) is 42.9 Å². The number of benzene rings is 2. The third kappa shape index (κ3) is 7.34. The van der Waals surface area contributed by atoms with Crippen molar-refractivity contribution >= 4 is 46.9 Å². The van der Waals surface area contributed by atoms with Gasteiger partial charge >= 0.3 is 23.9 Å². The fraction of sp³-hybridized carbons (Fsp3) is 0.478. The van der Waals surface area contributed by atoms with E-state index in [0.717, 1.165) is 6.92 Å². The Morgan fingerprint density at radius 2 is 1.58 bits per heavy atom. The fourth-order valence-corrected chi connectivity index (χ4v) is 10.8. The van der Waals surface area contributed by atoms with Gasteiger partial charge in [-0.2, -0.15) is 0 Å². The second-order valence-corrected chi connectivity index (χ2v) is 18.2. The molecule has 330 valence electrons. The summed E-state index contributed by atoms with van der Waals surface area (Å²) in [6.07, 6.45) is -10.6. The summed E-state index contributed by atoms with van der Waals surface area (Å²) >= 11 is 1.18. The van der Waals surface area contributed by atoms with Gasteiger partial charge in [-0.25, -0.2) is 9.59 Å². The molecule has 2 heterocycles. The molecule has 1 amide bonds. The Hall–Kier alpha value is -5.26. The number of rotatable bonds is 11. The molecule has 1 aromatic heterocycles. The number of thiophene rings is 1. The molecule has 2 aromatic carbocycles. The van der Waals surface area contributed by atoms with Gasteiger partial charge < -0.3 is 44.3 Å². The van der Waals surface area contributed by atoms with Gasteiger partial charge in [0.05, 0.1) is 29.6 Å². The molecular weight excluding hydrogens is 823 g/mol. The predicted molar refractivity (Wildman–Crippen MR) is 220 cm³/mol. The minimum atomic E-state index is -2.38. The van der Waals surface area contributed by atoms with Gasteiger partial charge in [-0.05, 0) is 60.7 Å². The van der Waals surface area contributed by atoms with Crippen LogP contribution in [0.25, 0.3) is 0 Å². The van der Waals surface area contributed by atoms with E-state index in [1.165, 1.54) is 44.2 Å². The van der Waals surface area contributed by atoms with Crippen LogP contribution in [-0.4, -0.2) is 105 Å². The number of aliphatic hydroxyl groups is 3. The maximum absolute atomic E-state index is 15.6. The lowest BCUT2D eigenvalue weighted by Gasteiger charge is -2.67. The summed E-state index contributed by atoms with van der Waals surface area (Å²) in [5.41, 5.74) is -7.32. The summed E-state index contributed by atoms with van der Waals surface area (Å²) in [5.74, 6) is -6.69. The van der Waals surface area contributed by atoms with Crippen LogP contribution in [0.1, 0.15) is 92.4 Å². The molecule has 3 fully saturated rings. The van der Waals surface area contributed by atoms with Crippen molar-refractivity contribution in [2.75, 3.05) is 6.61 Å². The predicted octanol–water partition coefficient (Wildman–Crippen LogP) is 4.19. The van der Waals surface area contributed by atoms with Gasteiger partial charge in [-0.15, -0.1) is 11.3 Å². The summed E-state index contributed by atoms with van der Waals surface area (Å²) in [6, 6.07) is 18.1. The molecule has 7 rings (SSSR count). The van der Waals surface area contributed by atoms with Crippen LogP contribution in [0.5, 0.6) is 0 Å². The first-order valence-electron chi connectivity index (χ1n) is 20.5. The van der Waals surface area contributed by atoms with Gasteiger partial charge in [-0.3, -0.25) is 19.2 Å². The minimum Gasteiger partial charge on any atom is -0.456 e. The Morgan fingerprint density at radius 3 is 2.15 bits per heavy atom. The number of hydrogen-bond acceptors (Lipinski definition) is 15. The summed E-state index contributed by atoms with van der Waals surface area (Å²) < 4.78 is 30.5. The molecule has 2 bridgehead atoms. The molecule has 1 saturated heterocycles. The summed E-state index contributed by atoms with van der Waals surface area (Å²) in [4.78, 5) is 84.3. The topological polar surface area (TPSA) is 221 Å². The van der Waals surface area contributed by atoms with E-state index in [4.69, 9.17) is 23.7 Å². The second-order valence-electron chi connectivity index (χ2n) is 17.2. The van der Waals surface area contributed by atoms with Crippen molar-refractivity contribution < 1.29 is 67.8 Å². The van der Waals surface area contributed by atoms with Crippen molar-refractivity contribution in [1.29, 1.82) is 0 Å². The Labute approximate surface area is 362 Å². The van der Waals surface area contributed by atoms with Gasteiger partial charge in [0.15, 0.2) is 23.6 Å². The molecule has 62 heavy (non-hydrogen) atoms. The highest BCUT2D eigenvalue weighted by Crippen LogP contribution is 2.64. The lowest BCUT2D eigenvalue weighted by atomic mass is 9.44. The molecular formula is C46H51NO14S. The lowest BCUT2D eigenvalue weighted by Crippen LogP contribution is -2.82. The van der Waals surface area contributed by atoms with Gasteiger partial charge in [-0.1, -0.05) is 63.2 Å². The van der Waals surface area contributed by atoms with Crippen LogP contribution in [0.2, 0.25) is 0 Å². The molecule has 16 heteroatoms. The standard InChI is InChI=1S/C46H51NO14S/c1-7-32(50)59-36-33-24(2)28(58-42(55)35(51)34(29-19-14-20-62-29)47-40(53)26-15-10-8-11-16-26)22-46(56,43(33,4)5)39(60-41(54)27-17-12-9-13-18-27)37-44(6,38(36)52)30(49)21-31-45(37,23-57-31)61-25(3)48/h8-20,28,30-31,34-37,39,49,51,56H,7,21-23H2,1-6H3,(H,47,53)/t28-,30?,31+,34-,35+,36+,37?,39-,44+,45-,46+/m0/s1. The average molecular weight is 874 g/mol. The number of ether oxygens (including phenoxy) is 5. The van der Waals surface area contributed by atoms with Crippen LogP contribution in [0, 0.1) is 16.7 Å². The number of fused-ring (bicyclic) bond motifs is 5. The van der Waals surface area contributed by atoms with Crippen molar-refractivity contribution in [1.82, 2.24) is 5.32 Å². The third-order valence-corrected chi connectivity index (χ3v) is 14.4. The van der Waals surface area contributed by atoms with Crippen LogP contribution < -0.4 is 5.32 Å². The zero-order chi connectivity index (χ0) is 44.9. The van der Waals surface area contributed by atoms with Crippen molar-refractivity contribution in [3.05, 3.63) is 105 Å². The Kier molecular flexibility index (Phi) is 12.1. The SMILES string of the molecule is CCC(=O)O[C@H]1C(=O)[C@]2(C)C(O)C[C@H]3OC[C@@]3(OC(C)=O)C2[C@H](OC(=O)c2ccccc2)[C@]2(O)C[C@H](OC(=O)[C@H](O)[C@@H](NC(=O)c3ccccc3)c3cccs3)C(C)=C1C2(C)C. The minimum absolute atomic E-state index is 0.0127. The van der Waals surface area contributed by atoms with E-state index in [0.29, 0.717) is 4.88 Å². The lowest BCUT2D eigenvalue weighted by molar-refractivity contribution is -0.346. The Bertz CT molecular complexity index is 2260. The van der Waals surface area contributed by atoms with E-state index in [-0.39, 0.29) is 41.7 Å². The monoisotopic (exact) mass is 873 g/mol. The normalized spacial score (nSPS) is 31.9. The third-order valence-electron chi connectivity index (χ3n) is 13.4. The number of carbonyl (C=O) groups excluding carboxylic acids is 6. The molecule has 4 aliphatic rings.